The number of carbonyl (C=O) groups is 1. The van der Waals surface area contributed by atoms with Crippen molar-refractivity contribution in [2.24, 2.45) is 12.5 Å². The first-order valence-corrected chi connectivity index (χ1v) is 7.17. The zero-order valence-electron chi connectivity index (χ0n) is 11.4. The summed E-state index contributed by atoms with van der Waals surface area (Å²) < 4.78 is 1.29. The topological polar surface area (TPSA) is 77.2 Å². The standard InChI is InChI=1S/C13H18ClN3O3/c1-16-10(4-5-11(16)17(19)20)12(18)15-9-13(8-14)6-2-3-7-13/h4-5H,2-3,6-9H2,1H3,(H,15,18). The van der Waals surface area contributed by atoms with Crippen LogP contribution in [0, 0.1) is 15.5 Å². The summed E-state index contributed by atoms with van der Waals surface area (Å²) in [6.07, 6.45) is 4.31. The number of nitrogens with one attached hydrogen (secondary N) is 1. The van der Waals surface area contributed by atoms with Gasteiger partial charge in [-0.15, -0.1) is 11.6 Å². The van der Waals surface area contributed by atoms with Crippen molar-refractivity contribution in [3.8, 4) is 0 Å². The molecule has 1 heterocycles. The van der Waals surface area contributed by atoms with E-state index in [2.05, 4.69) is 5.32 Å². The summed E-state index contributed by atoms with van der Waals surface area (Å²) in [5.41, 5.74) is 0.272. The van der Waals surface area contributed by atoms with Gasteiger partial charge in [0.15, 0.2) is 5.69 Å². The van der Waals surface area contributed by atoms with Crippen molar-refractivity contribution in [1.82, 2.24) is 9.88 Å². The largest absolute Gasteiger partial charge is 0.358 e. The Kier molecular flexibility index (Phi) is 4.32. The molecule has 7 heteroatoms. The maximum Gasteiger partial charge on any atom is 0.323 e. The molecule has 1 aliphatic rings. The number of nitro groups is 1. The smallest absolute Gasteiger partial charge is 0.323 e. The summed E-state index contributed by atoms with van der Waals surface area (Å²) in [5.74, 6) is 0.140. The average Bonchev–Trinajstić information content (AvgIpc) is 3.03. The maximum absolute atomic E-state index is 12.1. The van der Waals surface area contributed by atoms with Crippen LogP contribution in [0.2, 0.25) is 0 Å². The van der Waals surface area contributed by atoms with Crippen molar-refractivity contribution in [2.75, 3.05) is 12.4 Å². The molecule has 1 fully saturated rings. The van der Waals surface area contributed by atoms with Crippen LogP contribution in [-0.2, 0) is 7.05 Å². The Hall–Kier alpha value is -1.56. The van der Waals surface area contributed by atoms with Gasteiger partial charge in [-0.3, -0.25) is 4.79 Å². The molecule has 0 bridgehead atoms. The number of amides is 1. The predicted octanol–water partition coefficient (Wildman–Crippen LogP) is 2.46. The summed E-state index contributed by atoms with van der Waals surface area (Å²) in [6, 6.07) is 2.80. The van der Waals surface area contributed by atoms with Crippen molar-refractivity contribution < 1.29 is 9.72 Å². The minimum atomic E-state index is -0.506. The van der Waals surface area contributed by atoms with Crippen LogP contribution in [0.4, 0.5) is 5.82 Å². The minimum Gasteiger partial charge on any atom is -0.358 e. The van der Waals surface area contributed by atoms with Gasteiger partial charge in [0, 0.05) is 23.9 Å². The molecule has 1 saturated carbocycles. The van der Waals surface area contributed by atoms with E-state index in [9.17, 15) is 14.9 Å². The van der Waals surface area contributed by atoms with Crippen molar-refractivity contribution in [3.63, 3.8) is 0 Å². The lowest BCUT2D eigenvalue weighted by Gasteiger charge is -2.26. The summed E-state index contributed by atoms with van der Waals surface area (Å²) in [4.78, 5) is 22.4. The van der Waals surface area contributed by atoms with E-state index in [1.54, 1.807) is 0 Å². The van der Waals surface area contributed by atoms with Crippen LogP contribution >= 0.6 is 11.6 Å². The minimum absolute atomic E-state index is 0.0195. The van der Waals surface area contributed by atoms with Crippen LogP contribution in [0.15, 0.2) is 12.1 Å². The Morgan fingerprint density at radius 1 is 1.50 bits per heavy atom. The number of halogens is 1. The first-order chi connectivity index (χ1) is 9.49. The Morgan fingerprint density at radius 3 is 2.65 bits per heavy atom. The van der Waals surface area contributed by atoms with Crippen LogP contribution in [-0.4, -0.2) is 27.8 Å². The Bertz CT molecular complexity index is 521. The third-order valence-corrected chi connectivity index (χ3v) is 4.65. The highest BCUT2D eigenvalue weighted by Gasteiger charge is 2.34. The lowest BCUT2D eigenvalue weighted by molar-refractivity contribution is -0.391. The van der Waals surface area contributed by atoms with Crippen LogP contribution in [0.25, 0.3) is 0 Å². The molecule has 110 valence electrons. The molecule has 0 spiro atoms. The molecule has 20 heavy (non-hydrogen) atoms. The van der Waals surface area contributed by atoms with E-state index in [-0.39, 0.29) is 17.1 Å². The number of rotatable bonds is 5. The number of nitrogens with zero attached hydrogens (tertiary/aromatic N) is 2. The summed E-state index contributed by atoms with van der Waals surface area (Å²) in [5, 5.41) is 13.6. The van der Waals surface area contributed by atoms with Crippen LogP contribution < -0.4 is 5.32 Å². The van der Waals surface area contributed by atoms with E-state index in [1.165, 1.54) is 23.7 Å². The van der Waals surface area contributed by atoms with E-state index in [0.717, 1.165) is 25.7 Å². The number of alkyl halides is 1. The van der Waals surface area contributed by atoms with Gasteiger partial charge in [-0.2, -0.15) is 0 Å². The predicted molar refractivity (Wildman–Crippen MR) is 76.0 cm³/mol. The molecule has 1 aromatic rings. The Balaban J connectivity index is 2.03. The molecule has 1 amide bonds. The first-order valence-electron chi connectivity index (χ1n) is 6.63. The SMILES string of the molecule is Cn1c(C(=O)NCC2(CCl)CCCC2)ccc1[N+](=O)[O-]. The van der Waals surface area contributed by atoms with Crippen LogP contribution in [0.5, 0.6) is 0 Å². The van der Waals surface area contributed by atoms with E-state index >= 15 is 0 Å². The highest BCUT2D eigenvalue weighted by Crippen LogP contribution is 2.38. The molecular formula is C13H18ClN3O3. The van der Waals surface area contributed by atoms with Crippen molar-refractivity contribution >= 4 is 23.3 Å². The molecular weight excluding hydrogens is 282 g/mol. The van der Waals surface area contributed by atoms with Gasteiger partial charge in [-0.05, 0) is 23.8 Å². The third-order valence-electron chi connectivity index (χ3n) is 4.09. The normalized spacial score (nSPS) is 17.1. The molecule has 0 aliphatic heterocycles. The van der Waals surface area contributed by atoms with Gasteiger partial charge in [-0.1, -0.05) is 12.8 Å². The second kappa shape index (κ2) is 5.83. The number of hydrogen-bond acceptors (Lipinski definition) is 3. The fourth-order valence-electron chi connectivity index (χ4n) is 2.75. The lowest BCUT2D eigenvalue weighted by Crippen LogP contribution is -2.37. The second-order valence-electron chi connectivity index (χ2n) is 5.42. The van der Waals surface area contributed by atoms with Crippen LogP contribution in [0.1, 0.15) is 36.2 Å². The van der Waals surface area contributed by atoms with E-state index in [0.29, 0.717) is 18.1 Å². The summed E-state index contributed by atoms with van der Waals surface area (Å²) in [6.45, 7) is 0.522. The Morgan fingerprint density at radius 2 is 2.15 bits per heavy atom. The first kappa shape index (κ1) is 14.8. The highest BCUT2D eigenvalue weighted by atomic mass is 35.5. The van der Waals surface area contributed by atoms with Gasteiger partial charge in [0.2, 0.25) is 0 Å². The molecule has 0 atom stereocenters. The molecule has 0 unspecified atom stereocenters. The van der Waals surface area contributed by atoms with E-state index < -0.39 is 4.92 Å². The number of hydrogen-bond donors (Lipinski definition) is 1. The zero-order valence-corrected chi connectivity index (χ0v) is 12.2. The molecule has 6 nitrogen and oxygen atoms in total. The molecule has 1 aromatic heterocycles. The van der Waals surface area contributed by atoms with Crippen molar-refractivity contribution in [3.05, 3.63) is 27.9 Å². The van der Waals surface area contributed by atoms with Gasteiger partial charge in [0.1, 0.15) is 0 Å². The van der Waals surface area contributed by atoms with E-state index in [4.69, 9.17) is 11.6 Å². The Labute approximate surface area is 122 Å². The third kappa shape index (κ3) is 2.80. The van der Waals surface area contributed by atoms with Gasteiger partial charge < -0.3 is 15.4 Å². The lowest BCUT2D eigenvalue weighted by atomic mass is 9.88. The summed E-state index contributed by atoms with van der Waals surface area (Å²) in [7, 11) is 1.51. The average molecular weight is 300 g/mol. The molecule has 1 N–H and O–H groups in total. The van der Waals surface area contributed by atoms with Gasteiger partial charge >= 0.3 is 5.82 Å². The second-order valence-corrected chi connectivity index (χ2v) is 5.68. The van der Waals surface area contributed by atoms with Crippen LogP contribution in [0.3, 0.4) is 0 Å². The molecule has 0 aromatic carbocycles. The molecule has 1 aliphatic carbocycles. The fourth-order valence-corrected chi connectivity index (χ4v) is 3.11. The maximum atomic E-state index is 12.1. The molecule has 2 rings (SSSR count). The quantitative estimate of drug-likeness (QED) is 0.515. The fraction of sp³-hybridized carbons (Fsp3) is 0.615. The number of aromatic nitrogens is 1. The van der Waals surface area contributed by atoms with Crippen molar-refractivity contribution in [1.29, 1.82) is 0 Å². The zero-order chi connectivity index (χ0) is 14.8. The summed E-state index contributed by atoms with van der Waals surface area (Å²) >= 11 is 6.03. The van der Waals surface area contributed by atoms with Gasteiger partial charge in [0.05, 0.1) is 7.05 Å². The van der Waals surface area contributed by atoms with Gasteiger partial charge in [-0.25, -0.2) is 4.57 Å². The van der Waals surface area contributed by atoms with E-state index in [1.807, 2.05) is 0 Å². The number of carbonyl (C=O) groups excluding carboxylic acids is 1. The monoisotopic (exact) mass is 299 g/mol. The van der Waals surface area contributed by atoms with Gasteiger partial charge in [0.25, 0.3) is 5.91 Å². The molecule has 0 saturated heterocycles. The molecule has 0 radical (unpaired) electrons. The highest BCUT2D eigenvalue weighted by molar-refractivity contribution is 6.18. The van der Waals surface area contributed by atoms with Crippen molar-refractivity contribution in [2.45, 2.75) is 25.7 Å².